The van der Waals surface area contributed by atoms with E-state index in [4.69, 9.17) is 0 Å². The van der Waals surface area contributed by atoms with Crippen LogP contribution < -0.4 is 0 Å². The van der Waals surface area contributed by atoms with Gasteiger partial charge in [-0.3, -0.25) is 0 Å². The molecule has 4 atom stereocenters. The Kier molecular flexibility index (Phi) is 5.14. The summed E-state index contributed by atoms with van der Waals surface area (Å²) in [5.41, 5.74) is 4.23. The molecule has 0 aromatic carbocycles. The molecule has 0 heterocycles. The first-order chi connectivity index (χ1) is 9.84. The van der Waals surface area contributed by atoms with Crippen molar-refractivity contribution in [1.29, 1.82) is 0 Å². The minimum Gasteiger partial charge on any atom is -0.393 e. The van der Waals surface area contributed by atoms with Crippen molar-refractivity contribution in [3.63, 3.8) is 0 Å². The molecule has 0 bridgehead atoms. The maximum absolute atomic E-state index is 10.7. The Bertz CT molecular complexity index is 456. The highest BCUT2D eigenvalue weighted by Crippen LogP contribution is 2.54. The topological polar surface area (TPSA) is 20.2 Å². The first-order valence-electron chi connectivity index (χ1n) is 8.49. The number of aliphatic hydroxyl groups is 1. The van der Waals surface area contributed by atoms with Crippen LogP contribution in [0.15, 0.2) is 35.5 Å². The quantitative estimate of drug-likeness (QED) is 0.638. The molecule has 1 fully saturated rings. The van der Waals surface area contributed by atoms with Crippen molar-refractivity contribution in [2.24, 2.45) is 17.3 Å². The zero-order valence-corrected chi connectivity index (χ0v) is 14.3. The Morgan fingerprint density at radius 2 is 1.90 bits per heavy atom. The second kappa shape index (κ2) is 6.52. The summed E-state index contributed by atoms with van der Waals surface area (Å²) < 4.78 is 0. The second-order valence-corrected chi connectivity index (χ2v) is 7.70. The van der Waals surface area contributed by atoms with Crippen LogP contribution in [0, 0.1) is 17.3 Å². The Labute approximate surface area is 130 Å². The molecule has 2 rings (SSSR count). The van der Waals surface area contributed by atoms with E-state index in [-0.39, 0.29) is 11.5 Å². The largest absolute Gasteiger partial charge is 0.393 e. The monoisotopic (exact) mass is 288 g/mol. The van der Waals surface area contributed by atoms with E-state index in [1.807, 2.05) is 0 Å². The predicted molar refractivity (Wildman–Crippen MR) is 91.1 cm³/mol. The number of hydrogen-bond acceptors (Lipinski definition) is 1. The number of allylic oxidation sites excluding steroid dienone is 5. The van der Waals surface area contributed by atoms with E-state index in [0.717, 1.165) is 32.1 Å². The van der Waals surface area contributed by atoms with Crippen molar-refractivity contribution in [2.45, 2.75) is 72.3 Å². The molecule has 1 heteroatoms. The fourth-order valence-corrected chi connectivity index (χ4v) is 4.27. The van der Waals surface area contributed by atoms with E-state index >= 15 is 0 Å². The van der Waals surface area contributed by atoms with Crippen LogP contribution in [0.5, 0.6) is 0 Å². The van der Waals surface area contributed by atoms with Crippen LogP contribution in [0.3, 0.4) is 0 Å². The Morgan fingerprint density at radius 1 is 1.24 bits per heavy atom. The molecule has 2 aliphatic carbocycles. The normalized spacial score (nSPS) is 40.5. The van der Waals surface area contributed by atoms with E-state index in [1.165, 1.54) is 23.1 Å². The molecular weight excluding hydrogens is 256 g/mol. The summed E-state index contributed by atoms with van der Waals surface area (Å²) in [7, 11) is 0. The van der Waals surface area contributed by atoms with E-state index in [9.17, 15) is 5.11 Å². The molecule has 1 nitrogen and oxygen atoms in total. The van der Waals surface area contributed by atoms with Crippen LogP contribution in [-0.2, 0) is 0 Å². The third kappa shape index (κ3) is 3.51. The van der Waals surface area contributed by atoms with E-state index in [2.05, 4.69) is 46.4 Å². The van der Waals surface area contributed by atoms with Gasteiger partial charge in [0.1, 0.15) is 0 Å². The average Bonchev–Trinajstić information content (AvgIpc) is 2.65. The predicted octanol–water partition coefficient (Wildman–Crippen LogP) is 5.42. The molecule has 0 unspecified atom stereocenters. The third-order valence-corrected chi connectivity index (χ3v) is 5.98. The minimum absolute atomic E-state index is 0.00942. The lowest BCUT2D eigenvalue weighted by Gasteiger charge is -2.36. The number of fused-ring (bicyclic) bond motifs is 1. The summed E-state index contributed by atoms with van der Waals surface area (Å²) in [5, 5.41) is 10.7. The molecule has 0 spiro atoms. The van der Waals surface area contributed by atoms with Crippen molar-refractivity contribution >= 4 is 0 Å². The summed E-state index contributed by atoms with van der Waals surface area (Å²) in [5.74, 6) is 1.03. The van der Waals surface area contributed by atoms with Crippen LogP contribution in [0.25, 0.3) is 0 Å². The summed E-state index contributed by atoms with van der Waals surface area (Å²) in [6.07, 6.45) is 11.1. The molecule has 1 saturated carbocycles. The third-order valence-electron chi connectivity index (χ3n) is 5.98. The van der Waals surface area contributed by atoms with Gasteiger partial charge in [-0.1, -0.05) is 42.4 Å². The summed E-state index contributed by atoms with van der Waals surface area (Å²) in [6, 6.07) is 0. The lowest BCUT2D eigenvalue weighted by Crippen LogP contribution is -2.33. The summed E-state index contributed by atoms with van der Waals surface area (Å²) in [6.45, 7) is 13.1. The molecule has 1 N–H and O–H groups in total. The number of aliphatic hydroxyl groups excluding tert-OH is 1. The van der Waals surface area contributed by atoms with Gasteiger partial charge in [0.05, 0.1) is 6.10 Å². The van der Waals surface area contributed by atoms with Crippen molar-refractivity contribution in [2.75, 3.05) is 0 Å². The van der Waals surface area contributed by atoms with Gasteiger partial charge in [-0.15, -0.1) is 0 Å². The van der Waals surface area contributed by atoms with Gasteiger partial charge in [0.25, 0.3) is 0 Å². The summed E-state index contributed by atoms with van der Waals surface area (Å²) in [4.78, 5) is 0. The van der Waals surface area contributed by atoms with Crippen molar-refractivity contribution in [3.8, 4) is 0 Å². The molecule has 0 aliphatic heterocycles. The average molecular weight is 288 g/mol. The maximum atomic E-state index is 10.7. The van der Waals surface area contributed by atoms with Gasteiger partial charge in [0.2, 0.25) is 0 Å². The lowest BCUT2D eigenvalue weighted by molar-refractivity contribution is 0.0380. The molecular formula is C20H32O. The SMILES string of the molecule is C=C(C)[C@H]1C[C@@H](O)[C@]2(C)C/C=C(\C)CCC=C(C)CC[C@@H]12. The fourth-order valence-electron chi connectivity index (χ4n) is 4.27. The molecule has 0 saturated heterocycles. The van der Waals surface area contributed by atoms with E-state index < -0.39 is 0 Å². The van der Waals surface area contributed by atoms with Gasteiger partial charge in [-0.2, -0.15) is 0 Å². The van der Waals surface area contributed by atoms with Crippen molar-refractivity contribution < 1.29 is 5.11 Å². The van der Waals surface area contributed by atoms with Gasteiger partial charge in [-0.25, -0.2) is 0 Å². The van der Waals surface area contributed by atoms with Gasteiger partial charge in [0.15, 0.2) is 0 Å². The zero-order valence-electron chi connectivity index (χ0n) is 14.3. The van der Waals surface area contributed by atoms with Crippen LogP contribution in [0.1, 0.15) is 66.2 Å². The smallest absolute Gasteiger partial charge is 0.0605 e. The second-order valence-electron chi connectivity index (χ2n) is 7.70. The van der Waals surface area contributed by atoms with Gasteiger partial charge in [0, 0.05) is 5.41 Å². The molecule has 118 valence electrons. The molecule has 0 radical (unpaired) electrons. The standard InChI is InChI=1S/C20H32O/c1-14(2)17-13-19(21)20(5)12-11-16(4)8-6-7-15(3)9-10-18(17)20/h7,11,17-19,21H,1,6,8-10,12-13H2,2-5H3/b15-7?,16-11+/t17-,18+,19-,20-/m1/s1. The Morgan fingerprint density at radius 3 is 2.57 bits per heavy atom. The highest BCUT2D eigenvalue weighted by atomic mass is 16.3. The number of rotatable bonds is 1. The highest BCUT2D eigenvalue weighted by Gasteiger charge is 2.50. The van der Waals surface area contributed by atoms with Crippen molar-refractivity contribution in [1.82, 2.24) is 0 Å². The zero-order chi connectivity index (χ0) is 15.6. The van der Waals surface area contributed by atoms with Crippen LogP contribution in [-0.4, -0.2) is 11.2 Å². The summed E-state index contributed by atoms with van der Waals surface area (Å²) >= 11 is 0. The minimum atomic E-state index is -0.196. The lowest BCUT2D eigenvalue weighted by atomic mass is 9.70. The first-order valence-corrected chi connectivity index (χ1v) is 8.49. The molecule has 0 aromatic rings. The maximum Gasteiger partial charge on any atom is 0.0605 e. The van der Waals surface area contributed by atoms with E-state index in [0.29, 0.717) is 11.8 Å². The van der Waals surface area contributed by atoms with Crippen LogP contribution in [0.2, 0.25) is 0 Å². The molecule has 0 amide bonds. The molecule has 21 heavy (non-hydrogen) atoms. The molecule has 0 aromatic heterocycles. The van der Waals surface area contributed by atoms with Crippen molar-refractivity contribution in [3.05, 3.63) is 35.5 Å². The van der Waals surface area contributed by atoms with Gasteiger partial charge >= 0.3 is 0 Å². The van der Waals surface area contributed by atoms with Crippen LogP contribution >= 0.6 is 0 Å². The van der Waals surface area contributed by atoms with Crippen LogP contribution in [0.4, 0.5) is 0 Å². The molecule has 2 aliphatic rings. The van der Waals surface area contributed by atoms with Gasteiger partial charge in [-0.05, 0) is 71.1 Å². The highest BCUT2D eigenvalue weighted by molar-refractivity contribution is 5.15. The van der Waals surface area contributed by atoms with Gasteiger partial charge < -0.3 is 5.11 Å². The number of hydrogen-bond donors (Lipinski definition) is 1. The fraction of sp³-hybridized carbons (Fsp3) is 0.700. The Hall–Kier alpha value is -0.820. The Balaban J connectivity index is 2.33. The first kappa shape index (κ1) is 16.5. The van der Waals surface area contributed by atoms with E-state index in [1.54, 1.807) is 0 Å².